The maximum atomic E-state index is 13.3. The van der Waals surface area contributed by atoms with Crippen LogP contribution in [0.15, 0.2) is 45.9 Å². The monoisotopic (exact) mass is 473 g/mol. The van der Waals surface area contributed by atoms with Gasteiger partial charge in [0.1, 0.15) is 6.04 Å². The van der Waals surface area contributed by atoms with Crippen LogP contribution >= 0.6 is 0 Å². The summed E-state index contributed by atoms with van der Waals surface area (Å²) in [5.74, 6) is -0.430. The summed E-state index contributed by atoms with van der Waals surface area (Å²) in [5, 5.41) is 2.85. The van der Waals surface area contributed by atoms with E-state index in [1.165, 1.54) is 12.3 Å². The number of benzene rings is 1. The van der Waals surface area contributed by atoms with Crippen LogP contribution in [0.5, 0.6) is 0 Å². The molecule has 3 heterocycles. The Bertz CT molecular complexity index is 1090. The summed E-state index contributed by atoms with van der Waals surface area (Å²) in [6, 6.07) is 7.55. The molecule has 0 bridgehead atoms. The van der Waals surface area contributed by atoms with Gasteiger partial charge in [0.2, 0.25) is 15.9 Å². The number of amides is 2. The van der Waals surface area contributed by atoms with Crippen LogP contribution < -0.4 is 5.32 Å². The molecule has 2 amide bonds. The molecule has 0 saturated carbocycles. The first kappa shape index (κ1) is 23.5. The Labute approximate surface area is 195 Å². The molecule has 0 radical (unpaired) electrons. The smallest absolute Gasteiger partial charge is 0.290 e. The molecule has 1 aromatic heterocycles. The summed E-state index contributed by atoms with van der Waals surface area (Å²) < 4.78 is 33.4. The standard InChI is InChI=1S/C24H31N3O5S/c1-18-11-12-19(17-22(18)33(30,31)26-13-5-2-3-6-14-26)25-23(28)20-9-4-7-15-27(20)24(29)21-10-8-16-32-21/h8,10-12,16-17,20H,2-7,9,13-15H2,1H3,(H,25,28). The molecule has 1 N–H and O–H groups in total. The molecule has 1 aromatic carbocycles. The van der Waals surface area contributed by atoms with Crippen LogP contribution in [0.3, 0.4) is 0 Å². The molecule has 1 atom stereocenters. The largest absolute Gasteiger partial charge is 0.459 e. The van der Waals surface area contributed by atoms with Gasteiger partial charge in [0.05, 0.1) is 11.2 Å². The highest BCUT2D eigenvalue weighted by atomic mass is 32.2. The SMILES string of the molecule is Cc1ccc(NC(=O)C2CCCCN2C(=O)c2ccco2)cc1S(=O)(=O)N1CCCCCC1. The van der Waals surface area contributed by atoms with Gasteiger partial charge in [0, 0.05) is 25.3 Å². The molecule has 2 saturated heterocycles. The van der Waals surface area contributed by atoms with Crippen LogP contribution in [0, 0.1) is 6.92 Å². The van der Waals surface area contributed by atoms with Gasteiger partial charge in [0.25, 0.3) is 5.91 Å². The predicted octanol–water partition coefficient (Wildman–Crippen LogP) is 3.79. The van der Waals surface area contributed by atoms with Crippen molar-refractivity contribution in [1.29, 1.82) is 0 Å². The number of piperidine rings is 1. The Morgan fingerprint density at radius 1 is 1.00 bits per heavy atom. The number of aryl methyl sites for hydroxylation is 1. The Hall–Kier alpha value is -2.65. The van der Waals surface area contributed by atoms with Crippen molar-refractivity contribution in [2.45, 2.75) is 62.8 Å². The van der Waals surface area contributed by atoms with Crippen molar-refractivity contribution in [3.63, 3.8) is 0 Å². The second kappa shape index (κ2) is 10.1. The zero-order valence-electron chi connectivity index (χ0n) is 19.0. The van der Waals surface area contributed by atoms with Crippen LogP contribution in [0.1, 0.15) is 61.1 Å². The Balaban J connectivity index is 1.53. The fourth-order valence-electron chi connectivity index (χ4n) is 4.59. The van der Waals surface area contributed by atoms with Gasteiger partial charge in [0.15, 0.2) is 5.76 Å². The lowest BCUT2D eigenvalue weighted by Crippen LogP contribution is -2.49. The highest BCUT2D eigenvalue weighted by Gasteiger charge is 2.34. The molecular weight excluding hydrogens is 442 g/mol. The van der Waals surface area contributed by atoms with Crippen molar-refractivity contribution in [3.05, 3.63) is 47.9 Å². The number of carbonyl (C=O) groups excluding carboxylic acids is 2. The summed E-state index contributed by atoms with van der Waals surface area (Å²) >= 11 is 0. The fourth-order valence-corrected chi connectivity index (χ4v) is 6.36. The molecular formula is C24H31N3O5S. The molecule has 0 aliphatic carbocycles. The molecule has 178 valence electrons. The summed E-state index contributed by atoms with van der Waals surface area (Å²) in [5.41, 5.74) is 1.06. The highest BCUT2D eigenvalue weighted by molar-refractivity contribution is 7.89. The van der Waals surface area contributed by atoms with Gasteiger partial charge in [-0.15, -0.1) is 0 Å². The van der Waals surface area contributed by atoms with Gasteiger partial charge < -0.3 is 14.6 Å². The molecule has 33 heavy (non-hydrogen) atoms. The van der Waals surface area contributed by atoms with Crippen molar-refractivity contribution in [2.24, 2.45) is 0 Å². The van der Waals surface area contributed by atoms with E-state index in [0.29, 0.717) is 37.3 Å². The number of hydrogen-bond acceptors (Lipinski definition) is 5. The molecule has 2 aromatic rings. The number of nitrogens with zero attached hydrogens (tertiary/aromatic N) is 2. The minimum atomic E-state index is -3.65. The maximum Gasteiger partial charge on any atom is 0.290 e. The van der Waals surface area contributed by atoms with Crippen LogP contribution in [0.2, 0.25) is 0 Å². The van der Waals surface area contributed by atoms with E-state index < -0.39 is 16.1 Å². The molecule has 2 fully saturated rings. The van der Waals surface area contributed by atoms with Crippen LogP contribution in [-0.2, 0) is 14.8 Å². The van der Waals surface area contributed by atoms with Gasteiger partial charge in [-0.3, -0.25) is 9.59 Å². The first-order valence-corrected chi connectivity index (χ1v) is 13.1. The molecule has 8 nitrogen and oxygen atoms in total. The number of anilines is 1. The molecule has 0 spiro atoms. The lowest BCUT2D eigenvalue weighted by Gasteiger charge is -2.34. The van der Waals surface area contributed by atoms with E-state index >= 15 is 0 Å². The zero-order chi connectivity index (χ0) is 23.4. The predicted molar refractivity (Wildman–Crippen MR) is 124 cm³/mol. The van der Waals surface area contributed by atoms with Crippen molar-refractivity contribution in [1.82, 2.24) is 9.21 Å². The quantitative estimate of drug-likeness (QED) is 0.712. The molecule has 1 unspecified atom stereocenters. The topological polar surface area (TPSA) is 99.9 Å². The van der Waals surface area contributed by atoms with E-state index in [9.17, 15) is 18.0 Å². The van der Waals surface area contributed by atoms with Crippen LogP contribution in [-0.4, -0.2) is 55.1 Å². The number of rotatable bonds is 5. The first-order valence-electron chi connectivity index (χ1n) is 11.6. The lowest BCUT2D eigenvalue weighted by molar-refractivity contribution is -0.121. The normalized spacial score (nSPS) is 20.3. The third-order valence-corrected chi connectivity index (χ3v) is 8.48. The van der Waals surface area contributed by atoms with E-state index in [0.717, 1.165) is 38.5 Å². The van der Waals surface area contributed by atoms with Crippen molar-refractivity contribution >= 4 is 27.5 Å². The molecule has 4 rings (SSSR count). The van der Waals surface area contributed by atoms with Gasteiger partial charge >= 0.3 is 0 Å². The summed E-state index contributed by atoms with van der Waals surface area (Å²) in [4.78, 5) is 27.7. The number of likely N-dealkylation sites (tertiary alicyclic amines) is 1. The Morgan fingerprint density at radius 3 is 2.42 bits per heavy atom. The van der Waals surface area contributed by atoms with Gasteiger partial charge in [-0.05, 0) is 68.9 Å². The van der Waals surface area contributed by atoms with Crippen molar-refractivity contribution in [2.75, 3.05) is 25.0 Å². The number of carbonyl (C=O) groups is 2. The number of nitrogens with one attached hydrogen (secondary N) is 1. The summed E-state index contributed by atoms with van der Waals surface area (Å²) in [7, 11) is -3.65. The fraction of sp³-hybridized carbons (Fsp3) is 0.500. The van der Waals surface area contributed by atoms with E-state index in [4.69, 9.17) is 4.42 Å². The Kier molecular flexibility index (Phi) is 7.19. The van der Waals surface area contributed by atoms with Gasteiger partial charge in [-0.25, -0.2) is 8.42 Å². The van der Waals surface area contributed by atoms with Crippen molar-refractivity contribution < 1.29 is 22.4 Å². The molecule has 2 aliphatic rings. The summed E-state index contributed by atoms with van der Waals surface area (Å²) in [6.07, 6.45) is 7.42. The number of sulfonamides is 1. The third kappa shape index (κ3) is 5.14. The maximum absolute atomic E-state index is 13.3. The summed E-state index contributed by atoms with van der Waals surface area (Å²) in [6.45, 7) is 3.27. The third-order valence-electron chi connectivity index (χ3n) is 6.44. The average molecular weight is 474 g/mol. The van der Waals surface area contributed by atoms with Crippen LogP contribution in [0.4, 0.5) is 5.69 Å². The first-order chi connectivity index (χ1) is 15.9. The van der Waals surface area contributed by atoms with Gasteiger partial charge in [-0.2, -0.15) is 4.31 Å². The van der Waals surface area contributed by atoms with Crippen molar-refractivity contribution in [3.8, 4) is 0 Å². The second-order valence-corrected chi connectivity index (χ2v) is 10.7. The van der Waals surface area contributed by atoms with E-state index in [1.807, 2.05) is 0 Å². The minimum Gasteiger partial charge on any atom is -0.459 e. The minimum absolute atomic E-state index is 0.205. The average Bonchev–Trinajstić information content (AvgIpc) is 3.21. The lowest BCUT2D eigenvalue weighted by atomic mass is 10.0. The zero-order valence-corrected chi connectivity index (χ0v) is 19.8. The van der Waals surface area contributed by atoms with E-state index in [1.54, 1.807) is 40.4 Å². The second-order valence-electron chi connectivity index (χ2n) is 8.78. The van der Waals surface area contributed by atoms with E-state index in [-0.39, 0.29) is 22.5 Å². The number of furan rings is 1. The van der Waals surface area contributed by atoms with Gasteiger partial charge in [-0.1, -0.05) is 18.9 Å². The van der Waals surface area contributed by atoms with Crippen LogP contribution in [0.25, 0.3) is 0 Å². The van der Waals surface area contributed by atoms with E-state index in [2.05, 4.69) is 5.32 Å². The molecule has 9 heteroatoms. The Morgan fingerprint density at radius 2 is 1.73 bits per heavy atom. The number of hydrogen-bond donors (Lipinski definition) is 1. The highest BCUT2D eigenvalue weighted by Crippen LogP contribution is 2.27. The molecule has 2 aliphatic heterocycles.